The minimum Gasteiger partial charge on any atom is -0.416 e. The molecule has 0 radical (unpaired) electrons. The molecule has 0 amide bonds. The number of hydrogen-bond acceptors (Lipinski definition) is 9. The summed E-state index contributed by atoms with van der Waals surface area (Å²) in [6.07, 6.45) is 0.538. The Morgan fingerprint density at radius 2 is 1.88 bits per heavy atom. The summed E-state index contributed by atoms with van der Waals surface area (Å²) < 4.78 is 10.9. The highest BCUT2D eigenvalue weighted by atomic mass is 32.2. The summed E-state index contributed by atoms with van der Waals surface area (Å²) in [5.74, 6) is 2.10. The van der Waals surface area contributed by atoms with Crippen LogP contribution in [0.1, 0.15) is 28.0 Å². The second-order valence-electron chi connectivity index (χ2n) is 5.66. The zero-order valence-electron chi connectivity index (χ0n) is 14.2. The van der Waals surface area contributed by atoms with Gasteiger partial charge in [0.2, 0.25) is 17.6 Å². The Kier molecular flexibility index (Phi) is 4.81. The first-order chi connectivity index (χ1) is 12.7. The first kappa shape index (κ1) is 16.9. The summed E-state index contributed by atoms with van der Waals surface area (Å²) in [4.78, 5) is 8.80. The maximum Gasteiger partial charge on any atom is 0.277 e. The van der Waals surface area contributed by atoms with E-state index >= 15 is 0 Å². The number of aromatic nitrogens is 5. The van der Waals surface area contributed by atoms with Crippen LogP contribution in [0, 0.1) is 13.8 Å². The first-order valence-electron chi connectivity index (χ1n) is 7.91. The van der Waals surface area contributed by atoms with Crippen molar-refractivity contribution < 1.29 is 8.94 Å². The van der Waals surface area contributed by atoms with Crippen LogP contribution in [0.15, 0.2) is 43.8 Å². The summed E-state index contributed by atoms with van der Waals surface area (Å²) in [5, 5.41) is 15.6. The number of rotatable bonds is 6. The van der Waals surface area contributed by atoms with Crippen LogP contribution < -0.4 is 0 Å². The van der Waals surface area contributed by atoms with Crippen molar-refractivity contribution in [2.24, 2.45) is 0 Å². The van der Waals surface area contributed by atoms with Crippen LogP contribution in [0.5, 0.6) is 0 Å². The fourth-order valence-electron chi connectivity index (χ4n) is 2.27. The van der Waals surface area contributed by atoms with Crippen molar-refractivity contribution in [3.63, 3.8) is 0 Å². The van der Waals surface area contributed by atoms with Gasteiger partial charge in [-0.05, 0) is 13.8 Å². The van der Waals surface area contributed by atoms with E-state index in [1.807, 2.05) is 43.5 Å². The van der Waals surface area contributed by atoms with E-state index in [-0.39, 0.29) is 0 Å². The molecule has 0 fully saturated rings. The Morgan fingerprint density at radius 1 is 1.04 bits per heavy atom. The second kappa shape index (κ2) is 7.38. The minimum atomic E-state index is 0.469. The molecule has 0 aliphatic heterocycles. The van der Waals surface area contributed by atoms with E-state index in [4.69, 9.17) is 8.94 Å². The van der Waals surface area contributed by atoms with E-state index in [2.05, 4.69) is 25.3 Å². The predicted molar refractivity (Wildman–Crippen MR) is 98.0 cm³/mol. The molecule has 7 nitrogen and oxygen atoms in total. The monoisotopic (exact) mass is 385 g/mol. The van der Waals surface area contributed by atoms with Crippen LogP contribution >= 0.6 is 23.1 Å². The van der Waals surface area contributed by atoms with Gasteiger partial charge in [0, 0.05) is 10.9 Å². The number of benzene rings is 1. The van der Waals surface area contributed by atoms with Crippen LogP contribution in [0.25, 0.3) is 11.4 Å². The van der Waals surface area contributed by atoms with Gasteiger partial charge in [-0.25, -0.2) is 4.98 Å². The lowest BCUT2D eigenvalue weighted by molar-refractivity contribution is 0.389. The van der Waals surface area contributed by atoms with Gasteiger partial charge in [0.25, 0.3) is 5.22 Å². The number of aryl methyl sites for hydroxylation is 2. The number of thioether (sulfide) groups is 1. The van der Waals surface area contributed by atoms with Gasteiger partial charge in [-0.15, -0.1) is 21.5 Å². The zero-order chi connectivity index (χ0) is 17.9. The van der Waals surface area contributed by atoms with Crippen LogP contribution in [0.2, 0.25) is 0 Å². The normalized spacial score (nSPS) is 11.2. The van der Waals surface area contributed by atoms with Gasteiger partial charge in [0.1, 0.15) is 0 Å². The van der Waals surface area contributed by atoms with Gasteiger partial charge in [-0.2, -0.15) is 4.98 Å². The van der Waals surface area contributed by atoms with Crippen LogP contribution in [-0.2, 0) is 12.2 Å². The van der Waals surface area contributed by atoms with Crippen LogP contribution in [0.4, 0.5) is 0 Å². The van der Waals surface area contributed by atoms with Crippen molar-refractivity contribution in [3.05, 3.63) is 57.7 Å². The molecule has 1 aromatic carbocycles. The Morgan fingerprint density at radius 3 is 2.65 bits per heavy atom. The van der Waals surface area contributed by atoms with Crippen molar-refractivity contribution in [1.82, 2.24) is 25.3 Å². The molecule has 4 aromatic rings. The van der Waals surface area contributed by atoms with E-state index in [1.165, 1.54) is 17.3 Å². The van der Waals surface area contributed by atoms with E-state index in [0.29, 0.717) is 35.0 Å². The smallest absolute Gasteiger partial charge is 0.277 e. The topological polar surface area (TPSA) is 90.7 Å². The maximum absolute atomic E-state index is 5.64. The summed E-state index contributed by atoms with van der Waals surface area (Å²) in [5.41, 5.74) is 3.05. The van der Waals surface area contributed by atoms with Crippen LogP contribution in [-0.4, -0.2) is 25.3 Å². The molecule has 26 heavy (non-hydrogen) atoms. The fourth-order valence-corrected chi connectivity index (χ4v) is 3.50. The molecule has 0 bridgehead atoms. The van der Waals surface area contributed by atoms with Gasteiger partial charge < -0.3 is 8.94 Å². The van der Waals surface area contributed by atoms with Crippen LogP contribution in [0.3, 0.4) is 0 Å². The fraction of sp³-hybridized carbons (Fsp3) is 0.235. The largest absolute Gasteiger partial charge is 0.416 e. The lowest BCUT2D eigenvalue weighted by Crippen LogP contribution is -1.88. The van der Waals surface area contributed by atoms with Crippen molar-refractivity contribution >= 4 is 23.1 Å². The Bertz CT molecular complexity index is 1010. The molecule has 3 aromatic heterocycles. The highest BCUT2D eigenvalue weighted by Crippen LogP contribution is 2.23. The van der Waals surface area contributed by atoms with Crippen molar-refractivity contribution in [2.45, 2.75) is 31.2 Å². The van der Waals surface area contributed by atoms with E-state index in [9.17, 15) is 0 Å². The standard InChI is InChI=1S/C17H15N5O2S2/c1-10-3-5-12(6-4-10)16-19-15(24-22-16)9-26-17-21-20-14(23-17)7-13-8-25-11(2)18-13/h3-6,8H,7,9H2,1-2H3. The first-order valence-corrected chi connectivity index (χ1v) is 9.78. The molecule has 4 rings (SSSR count). The SMILES string of the molecule is Cc1ccc(-c2noc(CSc3nnc(Cc4csc(C)n4)o3)n2)cc1. The third-order valence-electron chi connectivity index (χ3n) is 3.54. The lowest BCUT2D eigenvalue weighted by Gasteiger charge is -1.94. The van der Waals surface area contributed by atoms with Crippen molar-refractivity contribution in [2.75, 3.05) is 0 Å². The quantitative estimate of drug-likeness (QED) is 0.459. The maximum atomic E-state index is 5.64. The summed E-state index contributed by atoms with van der Waals surface area (Å²) in [6, 6.07) is 7.98. The number of nitrogens with zero attached hydrogens (tertiary/aromatic N) is 5. The summed E-state index contributed by atoms with van der Waals surface area (Å²) >= 11 is 2.97. The van der Waals surface area contributed by atoms with Gasteiger partial charge in [0.05, 0.1) is 22.9 Å². The molecular formula is C17H15N5O2S2. The average molecular weight is 385 g/mol. The van der Waals surface area contributed by atoms with Gasteiger partial charge in [-0.3, -0.25) is 0 Å². The van der Waals surface area contributed by atoms with Gasteiger partial charge >= 0.3 is 0 Å². The summed E-state index contributed by atoms with van der Waals surface area (Å²) in [7, 11) is 0. The van der Waals surface area contributed by atoms with E-state index in [0.717, 1.165) is 16.3 Å². The molecule has 0 N–H and O–H groups in total. The zero-order valence-corrected chi connectivity index (χ0v) is 15.8. The third kappa shape index (κ3) is 4.00. The van der Waals surface area contributed by atoms with Crippen molar-refractivity contribution in [1.29, 1.82) is 0 Å². The molecule has 0 aliphatic rings. The molecule has 132 valence electrons. The molecular weight excluding hydrogens is 370 g/mol. The Balaban J connectivity index is 1.36. The highest BCUT2D eigenvalue weighted by Gasteiger charge is 2.13. The Labute approximate surface area is 157 Å². The Hall–Kier alpha value is -2.52. The molecule has 0 unspecified atom stereocenters. The molecule has 9 heteroatoms. The van der Waals surface area contributed by atoms with Crippen molar-refractivity contribution in [3.8, 4) is 11.4 Å². The number of thiazole rings is 1. The molecule has 0 spiro atoms. The molecule has 0 saturated heterocycles. The second-order valence-corrected chi connectivity index (χ2v) is 7.65. The molecule has 0 aliphatic carbocycles. The molecule has 3 heterocycles. The molecule has 0 atom stereocenters. The minimum absolute atomic E-state index is 0.469. The number of hydrogen-bond donors (Lipinski definition) is 0. The van der Waals surface area contributed by atoms with Gasteiger partial charge in [0.15, 0.2) is 0 Å². The van der Waals surface area contributed by atoms with Gasteiger partial charge in [-0.1, -0.05) is 46.7 Å². The predicted octanol–water partition coefficient (Wildman–Crippen LogP) is 4.08. The van der Waals surface area contributed by atoms with E-state index < -0.39 is 0 Å². The highest BCUT2D eigenvalue weighted by molar-refractivity contribution is 7.98. The summed E-state index contributed by atoms with van der Waals surface area (Å²) in [6.45, 7) is 4.01. The lowest BCUT2D eigenvalue weighted by atomic mass is 10.1. The molecule has 0 saturated carbocycles. The third-order valence-corrected chi connectivity index (χ3v) is 5.17. The van der Waals surface area contributed by atoms with E-state index in [1.54, 1.807) is 11.3 Å². The average Bonchev–Trinajstić information content (AvgIpc) is 3.36.